The zero-order valence-electron chi connectivity index (χ0n) is 15.3. The van der Waals surface area contributed by atoms with Gasteiger partial charge in [0.15, 0.2) is 0 Å². The second-order valence-corrected chi connectivity index (χ2v) is 8.43. The van der Waals surface area contributed by atoms with Crippen molar-refractivity contribution in [2.24, 2.45) is 17.6 Å². The summed E-state index contributed by atoms with van der Waals surface area (Å²) < 4.78 is 13.0. The molecule has 0 bridgehead atoms. The van der Waals surface area contributed by atoms with Crippen molar-refractivity contribution in [1.29, 1.82) is 0 Å². The number of rotatable bonds is 2. The van der Waals surface area contributed by atoms with Crippen LogP contribution in [-0.4, -0.2) is 42.1 Å². The molecule has 0 saturated carbocycles. The number of benzene rings is 1. The van der Waals surface area contributed by atoms with Crippen LogP contribution >= 0.6 is 0 Å². The molecule has 4 rings (SSSR count). The molecule has 136 valence electrons. The van der Waals surface area contributed by atoms with E-state index >= 15 is 0 Å². The number of piperidine rings is 1. The van der Waals surface area contributed by atoms with Gasteiger partial charge in [-0.25, -0.2) is 0 Å². The summed E-state index contributed by atoms with van der Waals surface area (Å²) in [6.45, 7) is 8.54. The Bertz CT molecular complexity index is 688. The third-order valence-corrected chi connectivity index (χ3v) is 6.11. The Morgan fingerprint density at radius 3 is 2.96 bits per heavy atom. The SMILES string of the molecule is Cc1ccc2c(c1)OC(C)(C)[C@@H]1C[C@H]3CN(CC(N)=O)CC[C@H]3O[C@@H]21. The van der Waals surface area contributed by atoms with Crippen molar-refractivity contribution >= 4 is 5.91 Å². The second-order valence-electron chi connectivity index (χ2n) is 8.43. The molecule has 0 radical (unpaired) electrons. The number of amides is 1. The summed E-state index contributed by atoms with van der Waals surface area (Å²) in [5, 5.41) is 0. The molecule has 0 unspecified atom stereocenters. The van der Waals surface area contributed by atoms with Crippen molar-refractivity contribution in [3.63, 3.8) is 0 Å². The number of primary amides is 1. The van der Waals surface area contributed by atoms with Crippen LogP contribution in [0.2, 0.25) is 0 Å². The number of carbonyl (C=O) groups is 1. The predicted octanol–water partition coefficient (Wildman–Crippen LogP) is 2.42. The van der Waals surface area contributed by atoms with E-state index in [1.54, 1.807) is 0 Å². The van der Waals surface area contributed by atoms with Gasteiger partial charge in [-0.3, -0.25) is 9.69 Å². The Kier molecular flexibility index (Phi) is 4.04. The topological polar surface area (TPSA) is 64.8 Å². The van der Waals surface area contributed by atoms with Gasteiger partial charge in [0.25, 0.3) is 0 Å². The Morgan fingerprint density at radius 2 is 2.20 bits per heavy atom. The lowest BCUT2D eigenvalue weighted by atomic mass is 9.70. The fourth-order valence-electron chi connectivity index (χ4n) is 4.85. The molecule has 1 aromatic rings. The first-order valence-electron chi connectivity index (χ1n) is 9.29. The molecule has 2 N–H and O–H groups in total. The zero-order chi connectivity index (χ0) is 17.8. The molecule has 4 atom stereocenters. The third kappa shape index (κ3) is 3.04. The lowest BCUT2D eigenvalue weighted by Crippen LogP contribution is -2.55. The minimum atomic E-state index is -0.262. The van der Waals surface area contributed by atoms with E-state index in [4.69, 9.17) is 15.2 Å². The monoisotopic (exact) mass is 344 g/mol. The molecule has 25 heavy (non-hydrogen) atoms. The van der Waals surface area contributed by atoms with Crippen LogP contribution in [0.3, 0.4) is 0 Å². The van der Waals surface area contributed by atoms with Crippen molar-refractivity contribution < 1.29 is 14.3 Å². The molecule has 5 heteroatoms. The fraction of sp³-hybridized carbons (Fsp3) is 0.650. The molecule has 0 spiro atoms. The van der Waals surface area contributed by atoms with Crippen LogP contribution < -0.4 is 10.5 Å². The summed E-state index contributed by atoms with van der Waals surface area (Å²) in [6.07, 6.45) is 2.38. The summed E-state index contributed by atoms with van der Waals surface area (Å²) in [6, 6.07) is 6.43. The van der Waals surface area contributed by atoms with E-state index in [1.807, 2.05) is 0 Å². The number of hydrogen-bond acceptors (Lipinski definition) is 4. The first-order chi connectivity index (χ1) is 11.8. The summed E-state index contributed by atoms with van der Waals surface area (Å²) >= 11 is 0. The summed E-state index contributed by atoms with van der Waals surface area (Å²) in [5.74, 6) is 1.47. The van der Waals surface area contributed by atoms with Crippen LogP contribution in [0, 0.1) is 18.8 Å². The van der Waals surface area contributed by atoms with Gasteiger partial charge in [-0.15, -0.1) is 0 Å². The molecule has 2 fully saturated rings. The van der Waals surface area contributed by atoms with E-state index in [9.17, 15) is 4.79 Å². The molecule has 0 aromatic heterocycles. The quantitative estimate of drug-likeness (QED) is 0.895. The van der Waals surface area contributed by atoms with Crippen LogP contribution in [0.1, 0.15) is 43.9 Å². The van der Waals surface area contributed by atoms with Crippen molar-refractivity contribution in [2.45, 2.75) is 51.4 Å². The van der Waals surface area contributed by atoms with Crippen molar-refractivity contribution in [3.05, 3.63) is 29.3 Å². The van der Waals surface area contributed by atoms with Gasteiger partial charge in [-0.05, 0) is 51.2 Å². The van der Waals surface area contributed by atoms with Gasteiger partial charge in [0.2, 0.25) is 5.91 Å². The third-order valence-electron chi connectivity index (χ3n) is 6.11. The molecule has 5 nitrogen and oxygen atoms in total. The fourth-order valence-corrected chi connectivity index (χ4v) is 4.85. The number of nitrogens with two attached hydrogens (primary N) is 1. The maximum atomic E-state index is 11.3. The molecule has 1 aromatic carbocycles. The number of fused-ring (bicyclic) bond motifs is 4. The highest BCUT2D eigenvalue weighted by molar-refractivity contribution is 5.75. The van der Waals surface area contributed by atoms with E-state index in [1.165, 1.54) is 11.1 Å². The molecule has 3 aliphatic heterocycles. The molecule has 3 heterocycles. The van der Waals surface area contributed by atoms with Crippen LogP contribution in [0.25, 0.3) is 0 Å². The molecule has 1 amide bonds. The largest absolute Gasteiger partial charge is 0.487 e. The first kappa shape index (κ1) is 16.9. The molecule has 2 saturated heterocycles. The number of aryl methyl sites for hydroxylation is 1. The number of carbonyl (C=O) groups excluding carboxylic acids is 1. The Balaban J connectivity index is 1.59. The van der Waals surface area contributed by atoms with Crippen molar-refractivity contribution in [1.82, 2.24) is 4.90 Å². The Morgan fingerprint density at radius 1 is 1.40 bits per heavy atom. The lowest BCUT2D eigenvalue weighted by Gasteiger charge is -2.53. The number of hydrogen-bond donors (Lipinski definition) is 1. The number of ether oxygens (including phenoxy) is 2. The van der Waals surface area contributed by atoms with Gasteiger partial charge in [0.1, 0.15) is 11.4 Å². The minimum Gasteiger partial charge on any atom is -0.487 e. The van der Waals surface area contributed by atoms with Crippen LogP contribution in [0.5, 0.6) is 5.75 Å². The van der Waals surface area contributed by atoms with E-state index in [-0.39, 0.29) is 23.7 Å². The van der Waals surface area contributed by atoms with Crippen LogP contribution in [-0.2, 0) is 9.53 Å². The smallest absolute Gasteiger partial charge is 0.231 e. The number of likely N-dealkylation sites (tertiary alicyclic amines) is 1. The first-order valence-corrected chi connectivity index (χ1v) is 9.29. The summed E-state index contributed by atoms with van der Waals surface area (Å²) in [7, 11) is 0. The van der Waals surface area contributed by atoms with E-state index < -0.39 is 0 Å². The molecular weight excluding hydrogens is 316 g/mol. The van der Waals surface area contributed by atoms with Crippen LogP contribution in [0.15, 0.2) is 18.2 Å². The van der Waals surface area contributed by atoms with E-state index in [0.29, 0.717) is 18.4 Å². The highest BCUT2D eigenvalue weighted by Crippen LogP contribution is 2.52. The van der Waals surface area contributed by atoms with Gasteiger partial charge in [-0.2, -0.15) is 0 Å². The van der Waals surface area contributed by atoms with Gasteiger partial charge in [0.05, 0.1) is 18.8 Å². The maximum Gasteiger partial charge on any atom is 0.231 e. The van der Waals surface area contributed by atoms with Gasteiger partial charge in [0, 0.05) is 24.6 Å². The standard InChI is InChI=1S/C20H28N2O3/c1-12-4-5-14-17(8-12)25-20(2,3)15-9-13-10-22(11-18(21)23)7-6-16(13)24-19(14)15/h4-5,8,13,15-16,19H,6-7,9-11H2,1-3H3,(H2,21,23)/t13-,15+,16+,19-/m0/s1. The highest BCUT2D eigenvalue weighted by Gasteiger charge is 2.51. The normalized spacial score (nSPS) is 33.6. The molecular formula is C20H28N2O3. The van der Waals surface area contributed by atoms with E-state index in [2.05, 4.69) is 43.9 Å². The van der Waals surface area contributed by atoms with Gasteiger partial charge in [-0.1, -0.05) is 12.1 Å². The van der Waals surface area contributed by atoms with Gasteiger partial charge >= 0.3 is 0 Å². The number of nitrogens with zero attached hydrogens (tertiary/aromatic N) is 1. The minimum absolute atomic E-state index is 0.100. The average Bonchev–Trinajstić information content (AvgIpc) is 2.52. The van der Waals surface area contributed by atoms with E-state index in [0.717, 1.165) is 31.7 Å². The predicted molar refractivity (Wildman–Crippen MR) is 95.3 cm³/mol. The second kappa shape index (κ2) is 5.99. The molecule has 3 aliphatic rings. The Hall–Kier alpha value is -1.59. The average molecular weight is 344 g/mol. The molecule has 0 aliphatic carbocycles. The summed E-state index contributed by atoms with van der Waals surface area (Å²) in [5.41, 5.74) is 7.51. The van der Waals surface area contributed by atoms with Crippen molar-refractivity contribution in [2.75, 3.05) is 19.6 Å². The zero-order valence-corrected chi connectivity index (χ0v) is 15.3. The maximum absolute atomic E-state index is 11.3. The van der Waals surface area contributed by atoms with Crippen molar-refractivity contribution in [3.8, 4) is 5.75 Å². The van der Waals surface area contributed by atoms with Crippen LogP contribution in [0.4, 0.5) is 0 Å². The lowest BCUT2D eigenvalue weighted by molar-refractivity contribution is -0.187. The highest BCUT2D eigenvalue weighted by atomic mass is 16.5. The Labute approximate surface area is 149 Å². The van der Waals surface area contributed by atoms with Gasteiger partial charge < -0.3 is 15.2 Å². The summed E-state index contributed by atoms with van der Waals surface area (Å²) in [4.78, 5) is 13.4.